The van der Waals surface area contributed by atoms with Crippen molar-refractivity contribution in [2.45, 2.75) is 25.3 Å². The molecule has 0 spiro atoms. The molecular formula is C21H19N7. The molecule has 0 aromatic carbocycles. The normalized spacial score (nSPS) is 14.8. The zero-order valence-corrected chi connectivity index (χ0v) is 15.5. The van der Waals surface area contributed by atoms with Crippen LogP contribution in [0.5, 0.6) is 0 Å². The van der Waals surface area contributed by atoms with Crippen molar-refractivity contribution in [1.29, 1.82) is 0 Å². The van der Waals surface area contributed by atoms with Gasteiger partial charge in [0.2, 0.25) is 0 Å². The van der Waals surface area contributed by atoms with Crippen LogP contribution in [0.2, 0.25) is 0 Å². The lowest BCUT2D eigenvalue weighted by Gasteiger charge is -2.27. The van der Waals surface area contributed by atoms with Gasteiger partial charge in [0, 0.05) is 54.4 Å². The van der Waals surface area contributed by atoms with Crippen molar-refractivity contribution >= 4 is 16.4 Å². The van der Waals surface area contributed by atoms with E-state index in [1.807, 2.05) is 54.8 Å². The van der Waals surface area contributed by atoms with Crippen LogP contribution in [0.3, 0.4) is 0 Å². The van der Waals surface area contributed by atoms with Gasteiger partial charge in [-0.2, -0.15) is 10.2 Å². The third kappa shape index (κ3) is 2.22. The first-order chi connectivity index (χ1) is 13.8. The SMILES string of the molecule is Cn1cc(-c2cn3nccc3c(-c3cn(C4CCC4)c4ccncc34)n2)cn1. The molecule has 6 rings (SSSR count). The molecule has 1 fully saturated rings. The number of hydrogen-bond donors (Lipinski definition) is 0. The van der Waals surface area contributed by atoms with E-state index in [-0.39, 0.29) is 0 Å². The molecule has 0 amide bonds. The fraction of sp³-hybridized carbons (Fsp3) is 0.238. The molecule has 5 aromatic rings. The van der Waals surface area contributed by atoms with Gasteiger partial charge < -0.3 is 4.57 Å². The Balaban J connectivity index is 1.63. The number of rotatable bonds is 3. The van der Waals surface area contributed by atoms with Crippen LogP contribution < -0.4 is 0 Å². The van der Waals surface area contributed by atoms with E-state index in [9.17, 15) is 0 Å². The molecule has 138 valence electrons. The maximum absolute atomic E-state index is 5.04. The van der Waals surface area contributed by atoms with Crippen molar-refractivity contribution in [1.82, 2.24) is 33.9 Å². The highest BCUT2D eigenvalue weighted by Gasteiger charge is 2.24. The Bertz CT molecular complexity index is 1320. The largest absolute Gasteiger partial charge is 0.344 e. The molecule has 1 aliphatic rings. The summed E-state index contributed by atoms with van der Waals surface area (Å²) >= 11 is 0. The summed E-state index contributed by atoms with van der Waals surface area (Å²) in [6.45, 7) is 0. The number of aromatic nitrogens is 7. The zero-order chi connectivity index (χ0) is 18.7. The quantitative estimate of drug-likeness (QED) is 0.484. The van der Waals surface area contributed by atoms with E-state index >= 15 is 0 Å². The third-order valence-corrected chi connectivity index (χ3v) is 5.75. The molecule has 0 bridgehead atoms. The van der Waals surface area contributed by atoms with Crippen LogP contribution in [0.1, 0.15) is 25.3 Å². The summed E-state index contributed by atoms with van der Waals surface area (Å²) in [5.74, 6) is 0. The predicted octanol–water partition coefficient (Wildman–Crippen LogP) is 3.87. The second kappa shape index (κ2) is 5.76. The fourth-order valence-electron chi connectivity index (χ4n) is 4.07. The molecule has 5 heterocycles. The van der Waals surface area contributed by atoms with Crippen LogP contribution in [0.4, 0.5) is 0 Å². The third-order valence-electron chi connectivity index (χ3n) is 5.75. The molecule has 1 aliphatic carbocycles. The summed E-state index contributed by atoms with van der Waals surface area (Å²) in [5, 5.41) is 9.90. The molecule has 0 aliphatic heterocycles. The predicted molar refractivity (Wildman–Crippen MR) is 107 cm³/mol. The Morgan fingerprint density at radius 1 is 0.964 bits per heavy atom. The van der Waals surface area contributed by atoms with Gasteiger partial charge in [0.1, 0.15) is 0 Å². The number of pyridine rings is 1. The van der Waals surface area contributed by atoms with E-state index in [1.54, 1.807) is 4.68 Å². The molecule has 7 nitrogen and oxygen atoms in total. The van der Waals surface area contributed by atoms with E-state index in [2.05, 4.69) is 32.0 Å². The monoisotopic (exact) mass is 369 g/mol. The molecule has 0 unspecified atom stereocenters. The van der Waals surface area contributed by atoms with Gasteiger partial charge >= 0.3 is 0 Å². The van der Waals surface area contributed by atoms with Crippen LogP contribution >= 0.6 is 0 Å². The van der Waals surface area contributed by atoms with Gasteiger partial charge in [-0.1, -0.05) is 0 Å². The first-order valence-corrected chi connectivity index (χ1v) is 9.56. The van der Waals surface area contributed by atoms with Gasteiger partial charge in [-0.15, -0.1) is 0 Å². The number of nitrogens with zero attached hydrogens (tertiary/aromatic N) is 7. The van der Waals surface area contributed by atoms with Crippen molar-refractivity contribution in [3.8, 4) is 22.5 Å². The minimum Gasteiger partial charge on any atom is -0.344 e. The fourth-order valence-corrected chi connectivity index (χ4v) is 4.07. The van der Waals surface area contributed by atoms with Crippen molar-refractivity contribution in [3.63, 3.8) is 0 Å². The summed E-state index contributed by atoms with van der Waals surface area (Å²) < 4.78 is 6.09. The molecule has 0 saturated heterocycles. The highest BCUT2D eigenvalue weighted by molar-refractivity contribution is 5.98. The summed E-state index contributed by atoms with van der Waals surface area (Å²) in [4.78, 5) is 9.43. The summed E-state index contributed by atoms with van der Waals surface area (Å²) in [6.07, 6.45) is 17.4. The molecule has 0 radical (unpaired) electrons. The van der Waals surface area contributed by atoms with E-state index < -0.39 is 0 Å². The van der Waals surface area contributed by atoms with Gasteiger partial charge in [0.25, 0.3) is 0 Å². The second-order valence-electron chi connectivity index (χ2n) is 7.47. The summed E-state index contributed by atoms with van der Waals surface area (Å²) in [5.41, 5.74) is 6.07. The smallest absolute Gasteiger partial charge is 0.0989 e. The molecule has 0 N–H and O–H groups in total. The molecule has 5 aromatic heterocycles. The number of hydrogen-bond acceptors (Lipinski definition) is 4. The van der Waals surface area contributed by atoms with Crippen molar-refractivity contribution < 1.29 is 0 Å². The Labute approximate surface area is 161 Å². The molecule has 28 heavy (non-hydrogen) atoms. The maximum atomic E-state index is 5.04. The van der Waals surface area contributed by atoms with E-state index in [1.165, 1.54) is 24.8 Å². The minimum absolute atomic E-state index is 0.570. The minimum atomic E-state index is 0.570. The molecule has 0 atom stereocenters. The topological polar surface area (TPSA) is 65.8 Å². The van der Waals surface area contributed by atoms with E-state index in [0.29, 0.717) is 6.04 Å². The van der Waals surface area contributed by atoms with Gasteiger partial charge in [-0.05, 0) is 31.4 Å². The van der Waals surface area contributed by atoms with Gasteiger partial charge in [-0.25, -0.2) is 9.50 Å². The highest BCUT2D eigenvalue weighted by Crippen LogP contribution is 2.39. The van der Waals surface area contributed by atoms with Gasteiger partial charge in [0.05, 0.1) is 41.0 Å². The molecule has 1 saturated carbocycles. The van der Waals surface area contributed by atoms with Crippen LogP contribution in [-0.2, 0) is 7.05 Å². The Hall–Kier alpha value is -3.48. The zero-order valence-electron chi connectivity index (χ0n) is 15.5. The summed E-state index contributed by atoms with van der Waals surface area (Å²) in [6, 6.07) is 4.69. The lowest BCUT2D eigenvalue weighted by molar-refractivity contribution is 0.322. The van der Waals surface area contributed by atoms with Crippen LogP contribution in [0.25, 0.3) is 38.9 Å². The first kappa shape index (κ1) is 15.6. The Morgan fingerprint density at radius 2 is 1.86 bits per heavy atom. The maximum Gasteiger partial charge on any atom is 0.0989 e. The summed E-state index contributed by atoms with van der Waals surface area (Å²) in [7, 11) is 1.91. The second-order valence-corrected chi connectivity index (χ2v) is 7.47. The standard InChI is InChI=1S/C21H19N7/c1-26-11-14(9-24-26)18-13-28-20(6-8-23-28)21(25-18)17-12-27(15-3-2-4-15)19-5-7-22-10-16(17)19/h5-13,15H,2-4H2,1H3. The van der Waals surface area contributed by atoms with Crippen LogP contribution in [0, 0.1) is 0 Å². The average molecular weight is 369 g/mol. The lowest BCUT2D eigenvalue weighted by Crippen LogP contribution is -2.15. The Morgan fingerprint density at radius 3 is 2.64 bits per heavy atom. The number of fused-ring (bicyclic) bond motifs is 2. The average Bonchev–Trinajstić information content (AvgIpc) is 3.38. The Kier molecular flexibility index (Phi) is 3.20. The van der Waals surface area contributed by atoms with Crippen molar-refractivity contribution in [2.24, 2.45) is 7.05 Å². The number of aryl methyl sites for hydroxylation is 1. The highest BCUT2D eigenvalue weighted by atomic mass is 15.2. The van der Waals surface area contributed by atoms with E-state index in [0.717, 1.165) is 33.4 Å². The lowest BCUT2D eigenvalue weighted by atomic mass is 9.93. The molecular weight excluding hydrogens is 350 g/mol. The van der Waals surface area contributed by atoms with Gasteiger partial charge in [0.15, 0.2) is 0 Å². The van der Waals surface area contributed by atoms with Crippen molar-refractivity contribution in [3.05, 3.63) is 55.5 Å². The van der Waals surface area contributed by atoms with Crippen LogP contribution in [-0.4, -0.2) is 33.9 Å². The van der Waals surface area contributed by atoms with Crippen molar-refractivity contribution in [2.75, 3.05) is 0 Å². The first-order valence-electron chi connectivity index (χ1n) is 9.56. The molecule has 7 heteroatoms. The van der Waals surface area contributed by atoms with E-state index in [4.69, 9.17) is 4.98 Å². The van der Waals surface area contributed by atoms with Crippen LogP contribution in [0.15, 0.2) is 55.5 Å². The van der Waals surface area contributed by atoms with Gasteiger partial charge in [-0.3, -0.25) is 9.67 Å².